The van der Waals surface area contributed by atoms with Crippen LogP contribution in [0, 0.1) is 0 Å². The molecule has 9 heteroatoms. The minimum absolute atomic E-state index is 0.182. The predicted molar refractivity (Wildman–Crippen MR) is 130 cm³/mol. The van der Waals surface area contributed by atoms with Gasteiger partial charge in [-0.15, -0.1) is 0 Å². The van der Waals surface area contributed by atoms with Gasteiger partial charge in [-0.1, -0.05) is 35.9 Å². The van der Waals surface area contributed by atoms with E-state index in [9.17, 15) is 4.79 Å². The van der Waals surface area contributed by atoms with Gasteiger partial charge in [-0.05, 0) is 47.9 Å². The first-order valence-electron chi connectivity index (χ1n) is 10.8. The van der Waals surface area contributed by atoms with Gasteiger partial charge in [-0.2, -0.15) is 5.10 Å². The third kappa shape index (κ3) is 4.58. The Labute approximate surface area is 201 Å². The summed E-state index contributed by atoms with van der Waals surface area (Å²) in [6.07, 6.45) is 0.704. The molecule has 0 unspecified atom stereocenters. The van der Waals surface area contributed by atoms with Crippen LogP contribution in [-0.2, 0) is 13.0 Å². The standard InChI is InChI=1S/C25H23ClN4O4/c1-32-18-8-6-16(7-9-18)10-11-27-25(31)28-24-19-4-2-3-5-21(19)30(29-24)14-17-12-22-23(13-20(17)26)34-15-33-22/h2-9,12-13H,10-11,14-15H2,1H3,(H2,27,28,29,31). The lowest BCUT2D eigenvalue weighted by atomic mass is 10.1. The number of nitrogens with zero attached hydrogens (tertiary/aromatic N) is 2. The topological polar surface area (TPSA) is 86.6 Å². The highest BCUT2D eigenvalue weighted by Crippen LogP contribution is 2.37. The highest BCUT2D eigenvalue weighted by Gasteiger charge is 2.19. The molecule has 174 valence electrons. The van der Waals surface area contributed by atoms with E-state index in [4.69, 9.17) is 25.8 Å². The van der Waals surface area contributed by atoms with Crippen molar-refractivity contribution in [2.24, 2.45) is 0 Å². The van der Waals surface area contributed by atoms with Gasteiger partial charge in [-0.25, -0.2) is 4.79 Å². The van der Waals surface area contributed by atoms with Gasteiger partial charge >= 0.3 is 6.03 Å². The number of rotatable bonds is 7. The largest absolute Gasteiger partial charge is 0.497 e. The molecular weight excluding hydrogens is 456 g/mol. The summed E-state index contributed by atoms with van der Waals surface area (Å²) in [5.41, 5.74) is 2.83. The Bertz CT molecular complexity index is 1340. The lowest BCUT2D eigenvalue weighted by molar-refractivity contribution is 0.174. The van der Waals surface area contributed by atoms with Gasteiger partial charge in [0.15, 0.2) is 17.3 Å². The van der Waals surface area contributed by atoms with E-state index >= 15 is 0 Å². The number of fused-ring (bicyclic) bond motifs is 2. The maximum Gasteiger partial charge on any atom is 0.320 e. The summed E-state index contributed by atoms with van der Waals surface area (Å²) in [6.45, 7) is 1.09. The van der Waals surface area contributed by atoms with Gasteiger partial charge < -0.3 is 19.5 Å². The molecule has 5 rings (SSSR count). The Morgan fingerprint density at radius 1 is 1.12 bits per heavy atom. The third-order valence-electron chi connectivity index (χ3n) is 5.61. The average Bonchev–Trinajstić information content (AvgIpc) is 3.44. The molecule has 34 heavy (non-hydrogen) atoms. The summed E-state index contributed by atoms with van der Waals surface area (Å²) >= 11 is 6.46. The van der Waals surface area contributed by atoms with E-state index in [-0.39, 0.29) is 12.8 Å². The fraction of sp³-hybridized carbons (Fsp3) is 0.200. The molecule has 0 fully saturated rings. The summed E-state index contributed by atoms with van der Waals surface area (Å²) in [5, 5.41) is 11.8. The number of carbonyl (C=O) groups is 1. The number of carbonyl (C=O) groups excluding carboxylic acids is 1. The molecule has 0 bridgehead atoms. The third-order valence-corrected chi connectivity index (χ3v) is 5.96. The Balaban J connectivity index is 1.28. The molecule has 4 aromatic rings. The lowest BCUT2D eigenvalue weighted by Gasteiger charge is -2.08. The number of anilines is 1. The molecule has 0 aliphatic carbocycles. The molecule has 1 aliphatic rings. The van der Waals surface area contributed by atoms with Crippen molar-refractivity contribution in [1.82, 2.24) is 15.1 Å². The molecule has 2 amide bonds. The summed E-state index contributed by atoms with van der Waals surface area (Å²) < 4.78 is 17.8. The fourth-order valence-electron chi connectivity index (χ4n) is 3.85. The second kappa shape index (κ2) is 9.52. The Morgan fingerprint density at radius 2 is 1.88 bits per heavy atom. The highest BCUT2D eigenvalue weighted by molar-refractivity contribution is 6.31. The number of aromatic nitrogens is 2. The molecule has 1 aliphatic heterocycles. The number of halogens is 1. The summed E-state index contributed by atoms with van der Waals surface area (Å²) in [7, 11) is 1.63. The second-order valence-corrected chi connectivity index (χ2v) is 8.21. The van der Waals surface area contributed by atoms with Gasteiger partial charge in [0.05, 0.1) is 19.2 Å². The van der Waals surface area contributed by atoms with E-state index in [1.807, 2.05) is 59.3 Å². The number of urea groups is 1. The van der Waals surface area contributed by atoms with Gasteiger partial charge in [0.2, 0.25) is 6.79 Å². The highest BCUT2D eigenvalue weighted by atomic mass is 35.5. The number of amides is 2. The van der Waals surface area contributed by atoms with Crippen molar-refractivity contribution >= 4 is 34.4 Å². The molecule has 0 radical (unpaired) electrons. The van der Waals surface area contributed by atoms with Crippen LogP contribution in [-0.4, -0.2) is 36.3 Å². The van der Waals surface area contributed by atoms with Crippen molar-refractivity contribution in [2.75, 3.05) is 25.8 Å². The van der Waals surface area contributed by atoms with Crippen molar-refractivity contribution in [3.63, 3.8) is 0 Å². The van der Waals surface area contributed by atoms with Gasteiger partial charge in [0, 0.05) is 23.0 Å². The first-order chi connectivity index (χ1) is 16.6. The van der Waals surface area contributed by atoms with Gasteiger partial charge in [0.25, 0.3) is 0 Å². The van der Waals surface area contributed by atoms with Crippen molar-refractivity contribution in [3.05, 3.63) is 76.8 Å². The SMILES string of the molecule is COc1ccc(CCNC(=O)Nc2nn(Cc3cc4c(cc3Cl)OCO4)c3ccccc23)cc1. The second-order valence-electron chi connectivity index (χ2n) is 7.80. The molecule has 3 aromatic carbocycles. The normalized spacial score (nSPS) is 12.1. The van der Waals surface area contributed by atoms with Crippen LogP contribution in [0.15, 0.2) is 60.7 Å². The van der Waals surface area contributed by atoms with E-state index in [1.165, 1.54) is 0 Å². The molecule has 2 N–H and O–H groups in total. The average molecular weight is 479 g/mol. The van der Waals surface area contributed by atoms with E-state index in [0.29, 0.717) is 41.8 Å². The number of methoxy groups -OCH3 is 1. The van der Waals surface area contributed by atoms with E-state index < -0.39 is 0 Å². The van der Waals surface area contributed by atoms with Crippen LogP contribution in [0.1, 0.15) is 11.1 Å². The van der Waals surface area contributed by atoms with Crippen LogP contribution in [0.25, 0.3) is 10.9 Å². The van der Waals surface area contributed by atoms with Gasteiger partial charge in [0.1, 0.15) is 5.75 Å². The monoisotopic (exact) mass is 478 g/mol. The van der Waals surface area contributed by atoms with Crippen molar-refractivity contribution in [3.8, 4) is 17.2 Å². The molecule has 0 spiro atoms. The van der Waals surface area contributed by atoms with Gasteiger partial charge in [-0.3, -0.25) is 10.00 Å². The maximum absolute atomic E-state index is 12.6. The Kier molecular flexibility index (Phi) is 6.14. The van der Waals surface area contributed by atoms with Crippen LogP contribution in [0.4, 0.5) is 10.6 Å². The summed E-state index contributed by atoms with van der Waals surface area (Å²) in [5.74, 6) is 2.58. The predicted octanol–water partition coefficient (Wildman–Crippen LogP) is 4.84. The van der Waals surface area contributed by atoms with Crippen molar-refractivity contribution in [2.45, 2.75) is 13.0 Å². The lowest BCUT2D eigenvalue weighted by Crippen LogP contribution is -2.30. The Hall–Kier alpha value is -3.91. The van der Waals surface area contributed by atoms with Crippen LogP contribution in [0.2, 0.25) is 5.02 Å². The quantitative estimate of drug-likeness (QED) is 0.397. The van der Waals surface area contributed by atoms with Crippen LogP contribution in [0.3, 0.4) is 0 Å². The number of hydrogen-bond donors (Lipinski definition) is 2. The van der Waals surface area contributed by atoms with Crippen molar-refractivity contribution in [1.29, 1.82) is 0 Å². The smallest absolute Gasteiger partial charge is 0.320 e. The molecule has 0 saturated heterocycles. The van der Waals surface area contributed by atoms with E-state index in [2.05, 4.69) is 15.7 Å². The van der Waals surface area contributed by atoms with Crippen molar-refractivity contribution < 1.29 is 19.0 Å². The first kappa shape index (κ1) is 21.9. The zero-order valence-electron chi connectivity index (χ0n) is 18.5. The molecule has 2 heterocycles. The molecule has 0 atom stereocenters. The number of benzene rings is 3. The minimum atomic E-state index is -0.315. The molecule has 1 aromatic heterocycles. The zero-order valence-corrected chi connectivity index (χ0v) is 19.3. The Morgan fingerprint density at radius 3 is 2.68 bits per heavy atom. The minimum Gasteiger partial charge on any atom is -0.497 e. The van der Waals surface area contributed by atoms with Crippen LogP contribution >= 0.6 is 11.6 Å². The number of para-hydroxylation sites is 1. The fourth-order valence-corrected chi connectivity index (χ4v) is 4.06. The first-order valence-corrected chi connectivity index (χ1v) is 11.2. The number of hydrogen-bond acceptors (Lipinski definition) is 5. The summed E-state index contributed by atoms with van der Waals surface area (Å²) in [6, 6.07) is 18.8. The number of nitrogens with one attached hydrogen (secondary N) is 2. The maximum atomic E-state index is 12.6. The van der Waals surface area contributed by atoms with E-state index in [1.54, 1.807) is 13.2 Å². The molecular formula is C25H23ClN4O4. The number of ether oxygens (including phenoxy) is 3. The summed E-state index contributed by atoms with van der Waals surface area (Å²) in [4.78, 5) is 12.6. The van der Waals surface area contributed by atoms with E-state index in [0.717, 1.165) is 27.8 Å². The van der Waals surface area contributed by atoms with Crippen LogP contribution < -0.4 is 24.8 Å². The zero-order chi connectivity index (χ0) is 23.5. The van der Waals surface area contributed by atoms with Crippen LogP contribution in [0.5, 0.6) is 17.2 Å². The molecule has 0 saturated carbocycles. The molecule has 8 nitrogen and oxygen atoms in total.